The van der Waals surface area contributed by atoms with Crippen LogP contribution in [-0.4, -0.2) is 80.2 Å². The van der Waals surface area contributed by atoms with Crippen molar-refractivity contribution in [2.75, 3.05) is 70.6 Å². The van der Waals surface area contributed by atoms with Gasteiger partial charge in [-0.15, -0.1) is 0 Å². The van der Waals surface area contributed by atoms with Crippen LogP contribution in [0.1, 0.15) is 12.0 Å². The fourth-order valence-electron chi connectivity index (χ4n) is 3.25. The predicted octanol–water partition coefficient (Wildman–Crippen LogP) is 2.57. The molecule has 0 atom stereocenters. The second-order valence-electron chi connectivity index (χ2n) is 7.65. The zero-order valence-electron chi connectivity index (χ0n) is 17.1. The smallest absolute Gasteiger partial charge is 0.161 e. The molecule has 146 valence electrons. The minimum atomic E-state index is 0.778. The van der Waals surface area contributed by atoms with Gasteiger partial charge in [-0.25, -0.2) is 9.97 Å². The van der Waals surface area contributed by atoms with Crippen molar-refractivity contribution in [1.82, 2.24) is 19.8 Å². The van der Waals surface area contributed by atoms with Crippen molar-refractivity contribution in [3.8, 4) is 11.4 Å². The Bertz CT molecular complexity index is 720. The monoisotopic (exact) mass is 368 g/mol. The van der Waals surface area contributed by atoms with E-state index >= 15 is 0 Å². The largest absolute Gasteiger partial charge is 0.370 e. The van der Waals surface area contributed by atoms with Crippen LogP contribution in [0.4, 0.5) is 11.5 Å². The van der Waals surface area contributed by atoms with Crippen LogP contribution in [0.5, 0.6) is 0 Å². The van der Waals surface area contributed by atoms with Gasteiger partial charge in [-0.1, -0.05) is 0 Å². The molecule has 0 spiro atoms. The molecular formula is C21H32N6. The number of nitrogens with zero attached hydrogens (tertiary/aromatic N) is 5. The molecule has 1 fully saturated rings. The van der Waals surface area contributed by atoms with Crippen LogP contribution in [-0.2, 0) is 0 Å². The number of anilines is 2. The second-order valence-corrected chi connectivity index (χ2v) is 7.65. The van der Waals surface area contributed by atoms with Crippen molar-refractivity contribution in [1.29, 1.82) is 0 Å². The van der Waals surface area contributed by atoms with E-state index in [1.807, 2.05) is 6.20 Å². The molecule has 1 aliphatic rings. The summed E-state index contributed by atoms with van der Waals surface area (Å²) in [4.78, 5) is 16.3. The Morgan fingerprint density at radius 3 is 2.44 bits per heavy atom. The van der Waals surface area contributed by atoms with E-state index in [0.29, 0.717) is 0 Å². The molecule has 2 heterocycles. The van der Waals surface area contributed by atoms with Crippen molar-refractivity contribution in [2.45, 2.75) is 13.3 Å². The van der Waals surface area contributed by atoms with Crippen LogP contribution < -0.4 is 10.2 Å². The van der Waals surface area contributed by atoms with E-state index in [9.17, 15) is 0 Å². The van der Waals surface area contributed by atoms with E-state index < -0.39 is 0 Å². The molecule has 0 amide bonds. The molecule has 2 aromatic rings. The number of likely N-dealkylation sites (N-methyl/N-ethyl adjacent to an activating group) is 1. The molecular weight excluding hydrogens is 336 g/mol. The van der Waals surface area contributed by atoms with E-state index in [1.165, 1.54) is 5.69 Å². The molecule has 3 rings (SSSR count). The van der Waals surface area contributed by atoms with Gasteiger partial charge in [0.05, 0.1) is 0 Å². The number of aryl methyl sites for hydroxylation is 1. The lowest BCUT2D eigenvalue weighted by atomic mass is 10.1. The zero-order valence-corrected chi connectivity index (χ0v) is 17.1. The molecule has 0 aliphatic carbocycles. The van der Waals surface area contributed by atoms with Crippen molar-refractivity contribution >= 4 is 11.5 Å². The standard InChI is InChI=1S/C21H32N6/c1-17-16-23-21(24-20(17)22-10-5-11-25(2)3)18-6-8-19(9-7-18)27-14-12-26(4)13-15-27/h6-9,16H,5,10-15H2,1-4H3,(H,22,23,24). The molecule has 27 heavy (non-hydrogen) atoms. The van der Waals surface area contributed by atoms with Gasteiger partial charge in [-0.05, 0) is 65.3 Å². The molecule has 6 nitrogen and oxygen atoms in total. The van der Waals surface area contributed by atoms with Crippen molar-refractivity contribution in [2.24, 2.45) is 0 Å². The van der Waals surface area contributed by atoms with Crippen LogP contribution in [0.2, 0.25) is 0 Å². The first-order chi connectivity index (χ1) is 13.0. The minimum absolute atomic E-state index is 0.778. The second kappa shape index (κ2) is 9.15. The maximum atomic E-state index is 4.76. The topological polar surface area (TPSA) is 47.5 Å². The van der Waals surface area contributed by atoms with Gasteiger partial charge in [0.25, 0.3) is 0 Å². The quantitative estimate of drug-likeness (QED) is 0.758. The highest BCUT2D eigenvalue weighted by Crippen LogP contribution is 2.23. The zero-order chi connectivity index (χ0) is 19.2. The summed E-state index contributed by atoms with van der Waals surface area (Å²) >= 11 is 0. The normalized spacial score (nSPS) is 15.4. The lowest BCUT2D eigenvalue weighted by molar-refractivity contribution is 0.313. The van der Waals surface area contributed by atoms with Crippen molar-refractivity contribution < 1.29 is 0 Å². The van der Waals surface area contributed by atoms with E-state index in [4.69, 9.17) is 4.98 Å². The first kappa shape index (κ1) is 19.6. The highest BCUT2D eigenvalue weighted by Gasteiger charge is 2.14. The molecule has 1 aromatic heterocycles. The summed E-state index contributed by atoms with van der Waals surface area (Å²) in [5, 5.41) is 3.46. The molecule has 1 aromatic carbocycles. The van der Waals surface area contributed by atoms with Crippen molar-refractivity contribution in [3.63, 3.8) is 0 Å². The number of nitrogens with one attached hydrogen (secondary N) is 1. The van der Waals surface area contributed by atoms with Gasteiger partial charge in [-0.2, -0.15) is 0 Å². The molecule has 1 N–H and O–H groups in total. The van der Waals surface area contributed by atoms with Crippen LogP contribution >= 0.6 is 0 Å². The Morgan fingerprint density at radius 1 is 1.07 bits per heavy atom. The maximum Gasteiger partial charge on any atom is 0.161 e. The molecule has 0 saturated carbocycles. The maximum absolute atomic E-state index is 4.76. The van der Waals surface area contributed by atoms with Gasteiger partial charge >= 0.3 is 0 Å². The first-order valence-corrected chi connectivity index (χ1v) is 9.79. The fraction of sp³-hybridized carbons (Fsp3) is 0.524. The van der Waals surface area contributed by atoms with Crippen LogP contribution in [0.25, 0.3) is 11.4 Å². The summed E-state index contributed by atoms with van der Waals surface area (Å²) < 4.78 is 0. The summed E-state index contributed by atoms with van der Waals surface area (Å²) in [5.41, 5.74) is 3.42. The van der Waals surface area contributed by atoms with Gasteiger partial charge < -0.3 is 20.0 Å². The third kappa shape index (κ3) is 5.40. The molecule has 6 heteroatoms. The third-order valence-electron chi connectivity index (χ3n) is 5.04. The highest BCUT2D eigenvalue weighted by atomic mass is 15.2. The number of benzene rings is 1. The Labute approximate surface area is 163 Å². The van der Waals surface area contributed by atoms with Gasteiger partial charge in [0, 0.05) is 55.7 Å². The Kier molecular flexibility index (Phi) is 6.63. The predicted molar refractivity (Wildman–Crippen MR) is 114 cm³/mol. The lowest BCUT2D eigenvalue weighted by Gasteiger charge is -2.34. The van der Waals surface area contributed by atoms with Crippen LogP contribution in [0.15, 0.2) is 30.5 Å². The van der Waals surface area contributed by atoms with E-state index in [0.717, 1.165) is 68.5 Å². The summed E-state index contributed by atoms with van der Waals surface area (Å²) in [7, 11) is 6.38. The van der Waals surface area contributed by atoms with Crippen LogP contribution in [0.3, 0.4) is 0 Å². The molecule has 1 saturated heterocycles. The summed E-state index contributed by atoms with van der Waals surface area (Å²) in [5.74, 6) is 1.71. The first-order valence-electron chi connectivity index (χ1n) is 9.79. The van der Waals surface area contributed by atoms with E-state index in [2.05, 4.69) is 77.3 Å². The number of aromatic nitrogens is 2. The summed E-state index contributed by atoms with van der Waals surface area (Å²) in [6, 6.07) is 8.64. The number of hydrogen-bond donors (Lipinski definition) is 1. The highest BCUT2D eigenvalue weighted by molar-refractivity contribution is 5.62. The van der Waals surface area contributed by atoms with Gasteiger partial charge in [0.1, 0.15) is 5.82 Å². The van der Waals surface area contributed by atoms with E-state index in [-0.39, 0.29) is 0 Å². The fourth-order valence-corrected chi connectivity index (χ4v) is 3.25. The van der Waals surface area contributed by atoms with E-state index in [1.54, 1.807) is 0 Å². The van der Waals surface area contributed by atoms with Crippen molar-refractivity contribution in [3.05, 3.63) is 36.0 Å². The Morgan fingerprint density at radius 2 is 1.78 bits per heavy atom. The number of hydrogen-bond acceptors (Lipinski definition) is 6. The average molecular weight is 369 g/mol. The minimum Gasteiger partial charge on any atom is -0.370 e. The lowest BCUT2D eigenvalue weighted by Crippen LogP contribution is -2.44. The average Bonchev–Trinajstić information content (AvgIpc) is 2.67. The molecule has 0 radical (unpaired) electrons. The molecule has 0 unspecified atom stereocenters. The Balaban J connectivity index is 1.66. The van der Waals surface area contributed by atoms with Crippen LogP contribution in [0, 0.1) is 6.92 Å². The molecule has 0 bridgehead atoms. The third-order valence-corrected chi connectivity index (χ3v) is 5.04. The summed E-state index contributed by atoms with van der Waals surface area (Å²) in [6.45, 7) is 8.43. The molecule has 1 aliphatic heterocycles. The Hall–Kier alpha value is -2.18. The summed E-state index contributed by atoms with van der Waals surface area (Å²) in [6.07, 6.45) is 3.00. The van der Waals surface area contributed by atoms with Gasteiger partial charge in [-0.3, -0.25) is 0 Å². The number of rotatable bonds is 7. The van der Waals surface area contributed by atoms with Gasteiger partial charge in [0.15, 0.2) is 5.82 Å². The van der Waals surface area contributed by atoms with Gasteiger partial charge in [0.2, 0.25) is 0 Å². The SMILES string of the molecule is Cc1cnc(-c2ccc(N3CCN(C)CC3)cc2)nc1NCCCN(C)C. The number of piperazine rings is 1.